The van der Waals surface area contributed by atoms with Gasteiger partial charge in [0.25, 0.3) is 0 Å². The SMILES string of the molecule is Nc1ncc(Br)nc1C1CCSCC1. The zero-order chi connectivity index (χ0) is 9.97. The van der Waals surface area contributed by atoms with E-state index >= 15 is 0 Å². The molecule has 1 saturated heterocycles. The Morgan fingerprint density at radius 1 is 1.43 bits per heavy atom. The van der Waals surface area contributed by atoms with E-state index in [-0.39, 0.29) is 0 Å². The molecule has 0 atom stereocenters. The number of thioether (sulfide) groups is 1. The van der Waals surface area contributed by atoms with Crippen LogP contribution in [-0.2, 0) is 0 Å². The van der Waals surface area contributed by atoms with E-state index in [0.29, 0.717) is 11.7 Å². The molecule has 5 heteroatoms. The molecule has 1 aromatic heterocycles. The average Bonchev–Trinajstić information content (AvgIpc) is 2.23. The first-order valence-corrected chi connectivity index (χ1v) is 6.58. The Morgan fingerprint density at radius 2 is 2.14 bits per heavy atom. The Balaban J connectivity index is 2.24. The molecule has 1 aromatic rings. The molecular weight excluding hydrogens is 262 g/mol. The second-order valence-corrected chi connectivity index (χ2v) is 5.39. The van der Waals surface area contributed by atoms with Gasteiger partial charge in [0, 0.05) is 5.92 Å². The minimum Gasteiger partial charge on any atom is -0.382 e. The van der Waals surface area contributed by atoms with Gasteiger partial charge in [-0.2, -0.15) is 11.8 Å². The molecule has 76 valence electrons. The first kappa shape index (κ1) is 10.2. The maximum atomic E-state index is 5.82. The maximum absolute atomic E-state index is 5.82. The van der Waals surface area contributed by atoms with Crippen LogP contribution in [0.4, 0.5) is 5.82 Å². The number of nitrogens with zero attached hydrogens (tertiary/aromatic N) is 2. The van der Waals surface area contributed by atoms with Crippen LogP contribution in [0.3, 0.4) is 0 Å². The van der Waals surface area contributed by atoms with Crippen molar-refractivity contribution in [1.29, 1.82) is 0 Å². The van der Waals surface area contributed by atoms with Gasteiger partial charge in [-0.1, -0.05) is 0 Å². The van der Waals surface area contributed by atoms with Crippen LogP contribution in [0.5, 0.6) is 0 Å². The molecule has 14 heavy (non-hydrogen) atoms. The largest absolute Gasteiger partial charge is 0.382 e. The van der Waals surface area contributed by atoms with Gasteiger partial charge in [0.05, 0.1) is 11.9 Å². The van der Waals surface area contributed by atoms with Gasteiger partial charge in [0.15, 0.2) is 0 Å². The lowest BCUT2D eigenvalue weighted by atomic mass is 9.98. The van der Waals surface area contributed by atoms with Crippen LogP contribution in [-0.4, -0.2) is 21.5 Å². The molecule has 0 radical (unpaired) electrons. The van der Waals surface area contributed by atoms with E-state index < -0.39 is 0 Å². The fraction of sp³-hybridized carbons (Fsp3) is 0.556. The third-order valence-electron chi connectivity index (χ3n) is 2.41. The Kier molecular flexibility index (Phi) is 3.28. The van der Waals surface area contributed by atoms with Gasteiger partial charge < -0.3 is 5.73 Å². The number of nitrogens with two attached hydrogens (primary N) is 1. The van der Waals surface area contributed by atoms with Crippen LogP contribution in [0.25, 0.3) is 0 Å². The molecule has 0 unspecified atom stereocenters. The summed E-state index contributed by atoms with van der Waals surface area (Å²) in [6.07, 6.45) is 3.98. The molecule has 3 nitrogen and oxygen atoms in total. The molecule has 2 rings (SSSR count). The molecule has 1 fully saturated rings. The maximum Gasteiger partial charge on any atom is 0.145 e. The van der Waals surface area contributed by atoms with Crippen LogP contribution >= 0.6 is 27.7 Å². The summed E-state index contributed by atoms with van der Waals surface area (Å²) >= 11 is 5.33. The first-order valence-electron chi connectivity index (χ1n) is 4.63. The first-order chi connectivity index (χ1) is 6.77. The van der Waals surface area contributed by atoms with Crippen LogP contribution in [0.15, 0.2) is 10.8 Å². The van der Waals surface area contributed by atoms with Gasteiger partial charge in [-0.05, 0) is 40.3 Å². The van der Waals surface area contributed by atoms with E-state index in [1.54, 1.807) is 6.20 Å². The molecule has 0 saturated carbocycles. The predicted molar refractivity (Wildman–Crippen MR) is 63.4 cm³/mol. The third-order valence-corrected chi connectivity index (χ3v) is 3.84. The van der Waals surface area contributed by atoms with Gasteiger partial charge in [0.2, 0.25) is 0 Å². The second kappa shape index (κ2) is 4.49. The number of aromatic nitrogens is 2. The van der Waals surface area contributed by atoms with Crippen molar-refractivity contribution < 1.29 is 0 Å². The van der Waals surface area contributed by atoms with E-state index in [1.807, 2.05) is 11.8 Å². The highest BCUT2D eigenvalue weighted by atomic mass is 79.9. The second-order valence-electron chi connectivity index (χ2n) is 3.35. The smallest absolute Gasteiger partial charge is 0.145 e. The number of anilines is 1. The van der Waals surface area contributed by atoms with Crippen LogP contribution < -0.4 is 5.73 Å². The zero-order valence-electron chi connectivity index (χ0n) is 7.74. The molecule has 1 aliphatic rings. The van der Waals surface area contributed by atoms with E-state index in [9.17, 15) is 0 Å². The standard InChI is InChI=1S/C9H12BrN3S/c10-7-5-12-9(11)8(13-7)6-1-3-14-4-2-6/h5-6H,1-4H2,(H2,11,12). The summed E-state index contributed by atoms with van der Waals surface area (Å²) in [4.78, 5) is 8.53. The van der Waals surface area contributed by atoms with Gasteiger partial charge in [-0.3, -0.25) is 0 Å². The van der Waals surface area contributed by atoms with Crippen molar-refractivity contribution >= 4 is 33.5 Å². The Morgan fingerprint density at radius 3 is 2.86 bits per heavy atom. The van der Waals surface area contributed by atoms with Crippen molar-refractivity contribution in [2.24, 2.45) is 0 Å². The fourth-order valence-electron chi connectivity index (χ4n) is 1.66. The lowest BCUT2D eigenvalue weighted by Gasteiger charge is -2.21. The van der Waals surface area contributed by atoms with Crippen molar-refractivity contribution in [2.45, 2.75) is 18.8 Å². The van der Waals surface area contributed by atoms with Crippen molar-refractivity contribution in [3.05, 3.63) is 16.5 Å². The van der Waals surface area contributed by atoms with Crippen LogP contribution in [0.2, 0.25) is 0 Å². The van der Waals surface area contributed by atoms with Gasteiger partial charge in [-0.15, -0.1) is 0 Å². The fourth-order valence-corrected chi connectivity index (χ4v) is 3.06. The quantitative estimate of drug-likeness (QED) is 0.854. The number of hydrogen-bond donors (Lipinski definition) is 1. The minimum atomic E-state index is 0.501. The van der Waals surface area contributed by atoms with Crippen LogP contribution in [0, 0.1) is 0 Å². The Labute approximate surface area is 96.0 Å². The number of nitrogen functional groups attached to an aromatic ring is 1. The molecule has 0 aliphatic carbocycles. The molecule has 2 N–H and O–H groups in total. The van der Waals surface area contributed by atoms with Gasteiger partial charge >= 0.3 is 0 Å². The van der Waals surface area contributed by atoms with Crippen molar-refractivity contribution in [2.75, 3.05) is 17.2 Å². The predicted octanol–water partition coefficient (Wildman–Crippen LogP) is 2.43. The molecule has 0 bridgehead atoms. The van der Waals surface area contributed by atoms with Crippen molar-refractivity contribution in [1.82, 2.24) is 9.97 Å². The Hall–Kier alpha value is -0.290. The monoisotopic (exact) mass is 273 g/mol. The highest BCUT2D eigenvalue weighted by Crippen LogP contribution is 2.32. The zero-order valence-corrected chi connectivity index (χ0v) is 10.1. The van der Waals surface area contributed by atoms with E-state index in [0.717, 1.165) is 10.3 Å². The van der Waals surface area contributed by atoms with Gasteiger partial charge in [0.1, 0.15) is 10.4 Å². The summed E-state index contributed by atoms with van der Waals surface area (Å²) in [7, 11) is 0. The molecule has 0 spiro atoms. The van der Waals surface area contributed by atoms with Crippen molar-refractivity contribution in [3.8, 4) is 0 Å². The number of halogens is 1. The normalized spacial score (nSPS) is 18.4. The van der Waals surface area contributed by atoms with E-state index in [1.165, 1.54) is 24.3 Å². The molecule has 1 aliphatic heterocycles. The minimum absolute atomic E-state index is 0.501. The van der Waals surface area contributed by atoms with E-state index in [4.69, 9.17) is 5.73 Å². The molecule has 0 aromatic carbocycles. The highest BCUT2D eigenvalue weighted by molar-refractivity contribution is 9.10. The lowest BCUT2D eigenvalue weighted by Crippen LogP contribution is -2.12. The summed E-state index contributed by atoms with van der Waals surface area (Å²) in [5, 5.41) is 0. The molecule has 2 heterocycles. The summed E-state index contributed by atoms with van der Waals surface area (Å²) in [5.74, 6) is 3.50. The molecule has 0 amide bonds. The Bertz CT molecular complexity index is 326. The summed E-state index contributed by atoms with van der Waals surface area (Å²) in [6, 6.07) is 0. The lowest BCUT2D eigenvalue weighted by molar-refractivity contribution is 0.617. The number of rotatable bonds is 1. The van der Waals surface area contributed by atoms with E-state index in [2.05, 4.69) is 25.9 Å². The number of hydrogen-bond acceptors (Lipinski definition) is 4. The summed E-state index contributed by atoms with van der Waals surface area (Å²) in [5.41, 5.74) is 6.79. The van der Waals surface area contributed by atoms with Crippen molar-refractivity contribution in [3.63, 3.8) is 0 Å². The third kappa shape index (κ3) is 2.20. The highest BCUT2D eigenvalue weighted by Gasteiger charge is 2.20. The van der Waals surface area contributed by atoms with Gasteiger partial charge in [-0.25, -0.2) is 9.97 Å². The summed E-state index contributed by atoms with van der Waals surface area (Å²) in [6.45, 7) is 0. The topological polar surface area (TPSA) is 51.8 Å². The summed E-state index contributed by atoms with van der Waals surface area (Å²) < 4.78 is 0.778. The van der Waals surface area contributed by atoms with Crippen LogP contribution in [0.1, 0.15) is 24.5 Å². The molecular formula is C9H12BrN3S. The average molecular weight is 274 g/mol.